The summed E-state index contributed by atoms with van der Waals surface area (Å²) in [5, 5.41) is 0. The largest absolute Gasteiger partial charge is 0.341 e. The molecule has 0 aliphatic heterocycles. The van der Waals surface area contributed by atoms with Crippen molar-refractivity contribution in [2.45, 2.75) is 39.5 Å². The van der Waals surface area contributed by atoms with Crippen LogP contribution in [-0.4, -0.2) is 23.1 Å². The first-order chi connectivity index (χ1) is 7.72. The van der Waals surface area contributed by atoms with Crippen LogP contribution in [0.3, 0.4) is 0 Å². The van der Waals surface area contributed by atoms with Crippen molar-refractivity contribution in [1.29, 1.82) is 0 Å². The van der Waals surface area contributed by atoms with Gasteiger partial charge in [-0.15, -0.1) is 11.6 Å². The average Bonchev–Trinajstić information content (AvgIpc) is 2.30. The third-order valence-corrected chi connectivity index (χ3v) is 2.95. The van der Waals surface area contributed by atoms with Crippen LogP contribution in [0.2, 0.25) is 0 Å². The maximum Gasteiger partial charge on any atom is 0.225 e. The van der Waals surface area contributed by atoms with Crippen LogP contribution in [0.25, 0.3) is 0 Å². The van der Waals surface area contributed by atoms with E-state index in [9.17, 15) is 0 Å². The van der Waals surface area contributed by atoms with Crippen molar-refractivity contribution >= 4 is 17.5 Å². The molecule has 0 unspecified atom stereocenters. The minimum atomic E-state index is 0.479. The molecule has 0 aromatic carbocycles. The second-order valence-electron chi connectivity index (χ2n) is 3.85. The third-order valence-electron chi connectivity index (χ3n) is 2.66. The molecule has 0 spiro atoms. The Morgan fingerprint density at radius 3 is 2.62 bits per heavy atom. The van der Waals surface area contributed by atoms with Gasteiger partial charge in [-0.2, -0.15) is 0 Å². The van der Waals surface area contributed by atoms with Gasteiger partial charge in [0, 0.05) is 30.5 Å². The van der Waals surface area contributed by atoms with Crippen LogP contribution in [0.4, 0.5) is 5.95 Å². The van der Waals surface area contributed by atoms with Gasteiger partial charge in [-0.05, 0) is 20.3 Å². The number of halogens is 1. The molecule has 1 aromatic rings. The van der Waals surface area contributed by atoms with E-state index in [1.54, 1.807) is 0 Å². The Balaban J connectivity index is 2.80. The molecule has 0 saturated heterocycles. The van der Waals surface area contributed by atoms with Gasteiger partial charge in [0.1, 0.15) is 0 Å². The molecule has 1 rings (SSSR count). The van der Waals surface area contributed by atoms with Gasteiger partial charge in [0.25, 0.3) is 0 Å². The van der Waals surface area contributed by atoms with Crippen LogP contribution in [0.1, 0.15) is 37.9 Å². The lowest BCUT2D eigenvalue weighted by atomic mass is 10.3. The smallest absolute Gasteiger partial charge is 0.225 e. The Bertz CT molecular complexity index is 328. The lowest BCUT2D eigenvalue weighted by Crippen LogP contribution is -2.26. The van der Waals surface area contributed by atoms with Crippen molar-refractivity contribution in [2.24, 2.45) is 0 Å². The van der Waals surface area contributed by atoms with E-state index < -0.39 is 0 Å². The van der Waals surface area contributed by atoms with Crippen LogP contribution in [-0.2, 0) is 5.88 Å². The van der Waals surface area contributed by atoms with Crippen molar-refractivity contribution in [1.82, 2.24) is 9.97 Å². The van der Waals surface area contributed by atoms with Gasteiger partial charge in [-0.3, -0.25) is 0 Å². The fraction of sp³-hybridized carbons (Fsp3) is 0.667. The highest BCUT2D eigenvalue weighted by atomic mass is 35.5. The molecule has 1 aromatic heterocycles. The summed E-state index contributed by atoms with van der Waals surface area (Å²) in [6.07, 6.45) is 4.20. The maximum absolute atomic E-state index is 5.79. The van der Waals surface area contributed by atoms with Crippen LogP contribution in [0.5, 0.6) is 0 Å². The van der Waals surface area contributed by atoms with E-state index in [4.69, 9.17) is 11.6 Å². The molecular formula is C12H20ClN3. The molecule has 0 N–H and O–H groups in total. The monoisotopic (exact) mass is 241 g/mol. The van der Waals surface area contributed by atoms with Crippen molar-refractivity contribution < 1.29 is 0 Å². The Hall–Kier alpha value is -0.830. The highest BCUT2D eigenvalue weighted by Gasteiger charge is 2.08. The fourth-order valence-electron chi connectivity index (χ4n) is 1.51. The number of hydrogen-bond acceptors (Lipinski definition) is 3. The predicted molar refractivity (Wildman–Crippen MR) is 69.1 cm³/mol. The number of rotatable bonds is 6. The second-order valence-corrected chi connectivity index (χ2v) is 4.11. The van der Waals surface area contributed by atoms with Gasteiger partial charge >= 0.3 is 0 Å². The minimum absolute atomic E-state index is 0.479. The normalized spacial score (nSPS) is 10.5. The summed E-state index contributed by atoms with van der Waals surface area (Å²) in [5.41, 5.74) is 1.99. The first kappa shape index (κ1) is 13.2. The highest BCUT2D eigenvalue weighted by Crippen LogP contribution is 2.13. The third kappa shape index (κ3) is 3.34. The van der Waals surface area contributed by atoms with Crippen LogP contribution >= 0.6 is 11.6 Å². The Kier molecular flexibility index (Phi) is 5.53. The van der Waals surface area contributed by atoms with Crippen LogP contribution in [0, 0.1) is 6.92 Å². The molecule has 0 saturated carbocycles. The zero-order valence-corrected chi connectivity index (χ0v) is 11.1. The maximum atomic E-state index is 5.79. The predicted octanol–water partition coefficient (Wildman–Crippen LogP) is 3.15. The van der Waals surface area contributed by atoms with Gasteiger partial charge in [-0.25, -0.2) is 9.97 Å². The van der Waals surface area contributed by atoms with E-state index in [1.165, 1.54) is 12.8 Å². The lowest BCUT2D eigenvalue weighted by molar-refractivity contribution is 0.711. The molecule has 1 heterocycles. The van der Waals surface area contributed by atoms with E-state index in [0.29, 0.717) is 5.88 Å². The Morgan fingerprint density at radius 2 is 2.12 bits per heavy atom. The highest BCUT2D eigenvalue weighted by molar-refractivity contribution is 6.17. The van der Waals surface area contributed by atoms with E-state index in [1.807, 2.05) is 13.1 Å². The molecule has 0 fully saturated rings. The van der Waals surface area contributed by atoms with Gasteiger partial charge < -0.3 is 4.90 Å². The molecule has 0 aliphatic carbocycles. The Morgan fingerprint density at radius 1 is 1.38 bits per heavy atom. The van der Waals surface area contributed by atoms with E-state index in [-0.39, 0.29) is 0 Å². The van der Waals surface area contributed by atoms with Crippen LogP contribution < -0.4 is 4.90 Å². The molecule has 3 nitrogen and oxygen atoms in total. The van der Waals surface area contributed by atoms with Crippen molar-refractivity contribution in [3.8, 4) is 0 Å². The summed E-state index contributed by atoms with van der Waals surface area (Å²) in [6, 6.07) is 0. The molecule has 16 heavy (non-hydrogen) atoms. The van der Waals surface area contributed by atoms with Gasteiger partial charge in [0.15, 0.2) is 0 Å². The van der Waals surface area contributed by atoms with Gasteiger partial charge in [0.05, 0.1) is 5.88 Å². The average molecular weight is 242 g/mol. The first-order valence-corrected chi connectivity index (χ1v) is 6.39. The molecule has 0 bridgehead atoms. The number of hydrogen-bond donors (Lipinski definition) is 0. The molecule has 0 aliphatic rings. The topological polar surface area (TPSA) is 29.0 Å². The first-order valence-electron chi connectivity index (χ1n) is 5.86. The summed E-state index contributed by atoms with van der Waals surface area (Å²) < 4.78 is 0. The van der Waals surface area contributed by atoms with Crippen LogP contribution in [0.15, 0.2) is 6.20 Å². The van der Waals surface area contributed by atoms with E-state index in [0.717, 1.165) is 30.3 Å². The SMILES string of the molecule is CCCCN(CC)c1ncc(CCl)c(C)n1. The number of nitrogens with zero attached hydrogens (tertiary/aromatic N) is 3. The van der Waals surface area contributed by atoms with Crippen molar-refractivity contribution in [3.63, 3.8) is 0 Å². The summed E-state index contributed by atoms with van der Waals surface area (Å²) >= 11 is 5.79. The van der Waals surface area contributed by atoms with Gasteiger partial charge in [-0.1, -0.05) is 13.3 Å². The number of aromatic nitrogens is 2. The Labute approximate surface area is 103 Å². The standard InChI is InChI=1S/C12H20ClN3/c1-4-6-7-16(5-2)12-14-9-11(8-13)10(3)15-12/h9H,4-8H2,1-3H3. The number of aryl methyl sites for hydroxylation is 1. The lowest BCUT2D eigenvalue weighted by Gasteiger charge is -2.20. The molecule has 90 valence electrons. The summed E-state index contributed by atoms with van der Waals surface area (Å²) in [7, 11) is 0. The number of anilines is 1. The van der Waals surface area contributed by atoms with E-state index in [2.05, 4.69) is 28.7 Å². The zero-order chi connectivity index (χ0) is 12.0. The second kappa shape index (κ2) is 6.69. The van der Waals surface area contributed by atoms with Crippen molar-refractivity contribution in [2.75, 3.05) is 18.0 Å². The van der Waals surface area contributed by atoms with Gasteiger partial charge in [0.2, 0.25) is 5.95 Å². The molecule has 4 heteroatoms. The van der Waals surface area contributed by atoms with E-state index >= 15 is 0 Å². The summed E-state index contributed by atoms with van der Waals surface area (Å²) in [5.74, 6) is 1.30. The minimum Gasteiger partial charge on any atom is -0.341 e. The zero-order valence-electron chi connectivity index (χ0n) is 10.3. The quantitative estimate of drug-likeness (QED) is 0.717. The molecule has 0 radical (unpaired) electrons. The molecule has 0 amide bonds. The fourth-order valence-corrected chi connectivity index (χ4v) is 1.77. The summed E-state index contributed by atoms with van der Waals surface area (Å²) in [4.78, 5) is 11.1. The molecule has 0 atom stereocenters. The number of unbranched alkanes of at least 4 members (excludes halogenated alkanes) is 1. The van der Waals surface area contributed by atoms with Crippen molar-refractivity contribution in [3.05, 3.63) is 17.5 Å². The number of alkyl halides is 1. The summed E-state index contributed by atoms with van der Waals surface area (Å²) in [6.45, 7) is 8.27. The molecular weight excluding hydrogens is 222 g/mol.